The number of aliphatic hydroxyl groups is 1. The van der Waals surface area contributed by atoms with Gasteiger partial charge in [-0.3, -0.25) is 4.79 Å². The maximum Gasteiger partial charge on any atom is 0.278 e. The van der Waals surface area contributed by atoms with Gasteiger partial charge in [0.2, 0.25) is 0 Å². The molecule has 0 saturated heterocycles. The lowest BCUT2D eigenvalue weighted by Gasteiger charge is -2.15. The third-order valence-corrected chi connectivity index (χ3v) is 2.85. The molecule has 0 aromatic carbocycles. The molecule has 100 valence electrons. The molecule has 0 bridgehead atoms. The summed E-state index contributed by atoms with van der Waals surface area (Å²) >= 11 is 0. The molecule has 2 atom stereocenters. The van der Waals surface area contributed by atoms with Crippen molar-refractivity contribution in [3.8, 4) is 0 Å². The van der Waals surface area contributed by atoms with Crippen LogP contribution in [0.3, 0.4) is 0 Å². The first-order valence-electron chi connectivity index (χ1n) is 5.63. The lowest BCUT2D eigenvalue weighted by molar-refractivity contribution is -0.114. The lowest BCUT2D eigenvalue weighted by Crippen LogP contribution is -2.18. The van der Waals surface area contributed by atoms with Crippen LogP contribution < -0.4 is 5.56 Å². The number of rotatable bonds is 6. The van der Waals surface area contributed by atoms with Gasteiger partial charge in [-0.1, -0.05) is 0 Å². The van der Waals surface area contributed by atoms with Crippen molar-refractivity contribution in [1.82, 2.24) is 19.5 Å². The minimum absolute atomic E-state index is 0.126. The van der Waals surface area contributed by atoms with Gasteiger partial charge >= 0.3 is 0 Å². The number of hydrogen-bond donors (Lipinski definition) is 2. The summed E-state index contributed by atoms with van der Waals surface area (Å²) in [6, 6.07) is -0.707. The molecule has 2 heterocycles. The molecule has 0 amide bonds. The maximum absolute atomic E-state index is 11.5. The molecule has 19 heavy (non-hydrogen) atoms. The number of aldehydes is 2. The van der Waals surface area contributed by atoms with Gasteiger partial charge in [0.1, 0.15) is 12.6 Å². The number of aromatic nitrogens is 4. The Morgan fingerprint density at radius 1 is 1.37 bits per heavy atom. The molecule has 0 saturated carbocycles. The van der Waals surface area contributed by atoms with E-state index in [2.05, 4.69) is 15.0 Å². The number of nitrogens with one attached hydrogen (secondary N) is 1. The number of imidazole rings is 1. The zero-order chi connectivity index (χ0) is 13.8. The number of nitrogens with zero attached hydrogens (tertiary/aromatic N) is 3. The molecule has 2 unspecified atom stereocenters. The average molecular weight is 264 g/mol. The van der Waals surface area contributed by atoms with Gasteiger partial charge in [0, 0.05) is 5.92 Å². The predicted molar refractivity (Wildman–Crippen MR) is 64.5 cm³/mol. The van der Waals surface area contributed by atoms with Gasteiger partial charge in [0.25, 0.3) is 5.56 Å². The monoisotopic (exact) mass is 264 g/mol. The molecule has 2 rings (SSSR count). The summed E-state index contributed by atoms with van der Waals surface area (Å²) in [6.07, 6.45) is 3.90. The van der Waals surface area contributed by atoms with Crippen LogP contribution in [0.5, 0.6) is 0 Å². The van der Waals surface area contributed by atoms with E-state index in [1.807, 2.05) is 0 Å². The molecule has 8 heteroatoms. The van der Waals surface area contributed by atoms with Gasteiger partial charge in [0.05, 0.1) is 25.3 Å². The highest BCUT2D eigenvalue weighted by Gasteiger charge is 2.19. The Morgan fingerprint density at radius 2 is 2.16 bits per heavy atom. The largest absolute Gasteiger partial charge is 0.396 e. The number of hydrogen-bond acceptors (Lipinski definition) is 6. The Hall–Kier alpha value is -2.35. The highest BCUT2D eigenvalue weighted by molar-refractivity contribution is 5.71. The van der Waals surface area contributed by atoms with E-state index in [0.29, 0.717) is 12.6 Å². The highest BCUT2D eigenvalue weighted by Crippen LogP contribution is 2.18. The second kappa shape index (κ2) is 5.53. The summed E-state index contributed by atoms with van der Waals surface area (Å²) in [6.45, 7) is -0.339. The Balaban J connectivity index is 2.41. The van der Waals surface area contributed by atoms with Crippen LogP contribution in [0.15, 0.2) is 17.4 Å². The van der Waals surface area contributed by atoms with E-state index in [1.165, 1.54) is 17.2 Å². The van der Waals surface area contributed by atoms with Crippen LogP contribution in [-0.2, 0) is 9.59 Å². The van der Waals surface area contributed by atoms with Crippen molar-refractivity contribution in [2.24, 2.45) is 5.92 Å². The van der Waals surface area contributed by atoms with Crippen molar-refractivity contribution in [3.63, 3.8) is 0 Å². The van der Waals surface area contributed by atoms with Gasteiger partial charge in [-0.15, -0.1) is 0 Å². The molecule has 0 aliphatic heterocycles. The van der Waals surface area contributed by atoms with Crippen molar-refractivity contribution >= 4 is 23.7 Å². The molecular formula is C11H12N4O4. The Bertz CT molecular complexity index is 647. The molecule has 2 aromatic heterocycles. The van der Waals surface area contributed by atoms with E-state index in [0.717, 1.165) is 0 Å². The topological polar surface area (TPSA) is 118 Å². The number of H-pyrrole nitrogens is 1. The van der Waals surface area contributed by atoms with Gasteiger partial charge in [-0.05, 0) is 6.42 Å². The normalized spacial score (nSPS) is 14.2. The van der Waals surface area contributed by atoms with E-state index >= 15 is 0 Å². The van der Waals surface area contributed by atoms with E-state index in [4.69, 9.17) is 5.11 Å². The van der Waals surface area contributed by atoms with Gasteiger partial charge in [-0.2, -0.15) is 0 Å². The van der Waals surface area contributed by atoms with Crippen molar-refractivity contribution in [2.75, 3.05) is 6.61 Å². The van der Waals surface area contributed by atoms with Crippen LogP contribution in [0.25, 0.3) is 11.2 Å². The minimum atomic E-state index is -0.707. The summed E-state index contributed by atoms with van der Waals surface area (Å²) in [5.41, 5.74) is -0.00747. The second-order valence-corrected chi connectivity index (χ2v) is 4.07. The number of carbonyl (C=O) groups excluding carboxylic acids is 2. The van der Waals surface area contributed by atoms with E-state index in [1.54, 1.807) is 0 Å². The first-order valence-corrected chi connectivity index (χ1v) is 5.63. The fourth-order valence-electron chi connectivity index (χ4n) is 1.82. The van der Waals surface area contributed by atoms with Crippen LogP contribution in [0.2, 0.25) is 0 Å². The fraction of sp³-hybridized carbons (Fsp3) is 0.364. The molecule has 0 fully saturated rings. The average Bonchev–Trinajstić information content (AvgIpc) is 2.86. The van der Waals surface area contributed by atoms with Gasteiger partial charge in [-0.25, -0.2) is 9.97 Å². The summed E-state index contributed by atoms with van der Waals surface area (Å²) in [7, 11) is 0. The first-order chi connectivity index (χ1) is 9.21. The van der Waals surface area contributed by atoms with E-state index < -0.39 is 17.5 Å². The molecule has 0 aliphatic carbocycles. The zero-order valence-corrected chi connectivity index (χ0v) is 9.89. The van der Waals surface area contributed by atoms with Crippen LogP contribution in [0.4, 0.5) is 0 Å². The Labute approximate surface area is 107 Å². The Morgan fingerprint density at radius 3 is 2.79 bits per heavy atom. The predicted octanol–water partition coefficient (Wildman–Crippen LogP) is -0.943. The van der Waals surface area contributed by atoms with E-state index in [-0.39, 0.29) is 24.2 Å². The van der Waals surface area contributed by atoms with E-state index in [9.17, 15) is 14.4 Å². The highest BCUT2D eigenvalue weighted by atomic mass is 16.3. The quantitative estimate of drug-likeness (QED) is 0.650. The summed E-state index contributed by atoms with van der Waals surface area (Å²) in [5.74, 6) is -0.644. The molecular weight excluding hydrogens is 252 g/mol. The molecule has 0 radical (unpaired) electrons. The third-order valence-electron chi connectivity index (χ3n) is 2.85. The third kappa shape index (κ3) is 2.43. The summed E-state index contributed by atoms with van der Waals surface area (Å²) in [5, 5.41) is 8.98. The van der Waals surface area contributed by atoms with Crippen LogP contribution in [0, 0.1) is 5.92 Å². The van der Waals surface area contributed by atoms with Gasteiger partial charge in [0.15, 0.2) is 11.2 Å². The Kier molecular flexibility index (Phi) is 3.81. The standard InChI is InChI=1S/C11H12N4O4/c16-2-7(3-17)1-8(4-18)15-6-14-9-10(15)12-5-13-11(9)19/h2,4-8,17H,1,3H2,(H,12,13,19). The molecule has 2 N–H and O–H groups in total. The van der Waals surface area contributed by atoms with Crippen LogP contribution in [-0.4, -0.2) is 43.8 Å². The van der Waals surface area contributed by atoms with Crippen molar-refractivity contribution in [3.05, 3.63) is 23.0 Å². The fourth-order valence-corrected chi connectivity index (χ4v) is 1.82. The number of aromatic amines is 1. The van der Waals surface area contributed by atoms with Crippen LogP contribution in [0.1, 0.15) is 12.5 Å². The second-order valence-electron chi connectivity index (χ2n) is 4.07. The van der Waals surface area contributed by atoms with Crippen LogP contribution >= 0.6 is 0 Å². The number of carbonyl (C=O) groups is 2. The first kappa shape index (κ1) is 13.1. The summed E-state index contributed by atoms with van der Waals surface area (Å²) < 4.78 is 1.42. The number of fused-ring (bicyclic) bond motifs is 1. The minimum Gasteiger partial charge on any atom is -0.396 e. The molecule has 2 aromatic rings. The molecule has 0 aliphatic rings. The lowest BCUT2D eigenvalue weighted by atomic mass is 10.0. The van der Waals surface area contributed by atoms with Crippen molar-refractivity contribution < 1.29 is 14.7 Å². The molecule has 0 spiro atoms. The van der Waals surface area contributed by atoms with Crippen molar-refractivity contribution in [1.29, 1.82) is 0 Å². The van der Waals surface area contributed by atoms with Crippen molar-refractivity contribution in [2.45, 2.75) is 12.5 Å². The zero-order valence-electron chi connectivity index (χ0n) is 9.89. The van der Waals surface area contributed by atoms with Gasteiger partial charge < -0.3 is 24.2 Å². The maximum atomic E-state index is 11.5. The number of aliphatic hydroxyl groups excluding tert-OH is 1. The smallest absolute Gasteiger partial charge is 0.278 e. The SMILES string of the molecule is O=CC(CO)CC(C=O)n1cnc2c(=O)[nH]cnc21. The molecule has 8 nitrogen and oxygen atoms in total. The summed E-state index contributed by atoms with van der Waals surface area (Å²) in [4.78, 5) is 43.6.